The zero-order chi connectivity index (χ0) is 16.4. The van der Waals surface area contributed by atoms with Crippen LogP contribution in [0.4, 0.5) is 0 Å². The van der Waals surface area contributed by atoms with Gasteiger partial charge in [0.1, 0.15) is 0 Å². The maximum atomic E-state index is 4.90. The van der Waals surface area contributed by atoms with Crippen molar-refractivity contribution in [3.63, 3.8) is 0 Å². The molecule has 0 unspecified atom stereocenters. The second kappa shape index (κ2) is 6.56. The van der Waals surface area contributed by atoms with E-state index < -0.39 is 0 Å². The van der Waals surface area contributed by atoms with Gasteiger partial charge in [-0.15, -0.1) is 0 Å². The number of hydrogen-bond donors (Lipinski definition) is 0. The quantitative estimate of drug-likeness (QED) is 0.612. The summed E-state index contributed by atoms with van der Waals surface area (Å²) in [6.45, 7) is 2.12. The highest BCUT2D eigenvalue weighted by Crippen LogP contribution is 2.34. The minimum Gasteiger partial charge on any atom is -0.256 e. The third-order valence-corrected chi connectivity index (χ3v) is 5.02. The number of rotatable bonds is 3. The van der Waals surface area contributed by atoms with E-state index >= 15 is 0 Å². The summed E-state index contributed by atoms with van der Waals surface area (Å²) in [6, 6.07) is 19.0. The number of benzene rings is 1. The Labute approximate surface area is 143 Å². The van der Waals surface area contributed by atoms with Crippen LogP contribution in [0, 0.1) is 6.92 Å². The van der Waals surface area contributed by atoms with Crippen LogP contribution in [0.5, 0.6) is 0 Å². The molecule has 3 aromatic rings. The lowest BCUT2D eigenvalue weighted by Gasteiger charge is -2.10. The highest BCUT2D eigenvalue weighted by Gasteiger charge is 2.18. The summed E-state index contributed by atoms with van der Waals surface area (Å²) in [4.78, 5) is 9.58. The van der Waals surface area contributed by atoms with Crippen molar-refractivity contribution in [3.8, 4) is 22.5 Å². The Morgan fingerprint density at radius 3 is 2.42 bits per heavy atom. The monoisotopic (exact) mass is 314 g/mol. The van der Waals surface area contributed by atoms with E-state index in [0.29, 0.717) is 5.92 Å². The number of aromatic nitrogens is 2. The Kier molecular flexibility index (Phi) is 4.12. The van der Waals surface area contributed by atoms with Crippen molar-refractivity contribution in [1.29, 1.82) is 0 Å². The average molecular weight is 314 g/mol. The van der Waals surface area contributed by atoms with Crippen molar-refractivity contribution in [2.24, 2.45) is 0 Å². The van der Waals surface area contributed by atoms with Crippen molar-refractivity contribution < 1.29 is 0 Å². The van der Waals surface area contributed by atoms with Crippen LogP contribution in [0.15, 0.2) is 60.8 Å². The van der Waals surface area contributed by atoms with Gasteiger partial charge in [-0.3, -0.25) is 9.97 Å². The Morgan fingerprint density at radius 1 is 0.833 bits per heavy atom. The van der Waals surface area contributed by atoms with Crippen LogP contribution in [-0.2, 0) is 0 Å². The fraction of sp³-hybridized carbons (Fsp3) is 0.273. The van der Waals surface area contributed by atoms with Gasteiger partial charge in [-0.2, -0.15) is 0 Å². The van der Waals surface area contributed by atoms with Gasteiger partial charge >= 0.3 is 0 Å². The van der Waals surface area contributed by atoms with Crippen molar-refractivity contribution in [3.05, 3.63) is 72.1 Å². The molecule has 0 atom stereocenters. The Hall–Kier alpha value is -2.48. The van der Waals surface area contributed by atoms with Crippen LogP contribution < -0.4 is 0 Å². The molecule has 120 valence electrons. The van der Waals surface area contributed by atoms with Crippen LogP contribution in [-0.4, -0.2) is 9.97 Å². The van der Waals surface area contributed by atoms with Crippen LogP contribution in [0.1, 0.15) is 42.9 Å². The summed E-state index contributed by atoms with van der Waals surface area (Å²) in [5, 5.41) is 0. The van der Waals surface area contributed by atoms with Gasteiger partial charge in [0.2, 0.25) is 0 Å². The van der Waals surface area contributed by atoms with E-state index in [1.165, 1.54) is 42.5 Å². The molecule has 0 saturated heterocycles. The second-order valence-corrected chi connectivity index (χ2v) is 6.68. The molecule has 0 aliphatic heterocycles. The molecule has 4 rings (SSSR count). The summed E-state index contributed by atoms with van der Waals surface area (Å²) >= 11 is 0. The normalized spacial score (nSPS) is 14.9. The molecule has 2 nitrogen and oxygen atoms in total. The molecule has 0 N–H and O–H groups in total. The SMILES string of the molecule is Cc1ccccc1-c1ccc(-c2cccc(C3CCCC3)n2)cn1. The van der Waals surface area contributed by atoms with Crippen molar-refractivity contribution in [2.75, 3.05) is 0 Å². The number of pyridine rings is 2. The van der Waals surface area contributed by atoms with E-state index in [0.717, 1.165) is 17.0 Å². The van der Waals surface area contributed by atoms with Crippen LogP contribution in [0.2, 0.25) is 0 Å². The molecule has 0 radical (unpaired) electrons. The van der Waals surface area contributed by atoms with Gasteiger partial charge in [-0.1, -0.05) is 43.2 Å². The summed E-state index contributed by atoms with van der Waals surface area (Å²) < 4.78 is 0. The lowest BCUT2D eigenvalue weighted by atomic mass is 10.0. The maximum absolute atomic E-state index is 4.90. The predicted molar refractivity (Wildman–Crippen MR) is 98.9 cm³/mol. The Balaban J connectivity index is 1.63. The van der Waals surface area contributed by atoms with Crippen molar-refractivity contribution >= 4 is 0 Å². The van der Waals surface area contributed by atoms with E-state index in [-0.39, 0.29) is 0 Å². The minimum atomic E-state index is 0.643. The van der Waals surface area contributed by atoms with Crippen LogP contribution >= 0.6 is 0 Å². The molecule has 1 aromatic carbocycles. The highest BCUT2D eigenvalue weighted by molar-refractivity contribution is 5.66. The number of hydrogen-bond acceptors (Lipinski definition) is 2. The van der Waals surface area contributed by atoms with Crippen molar-refractivity contribution in [2.45, 2.75) is 38.5 Å². The fourth-order valence-corrected chi connectivity index (χ4v) is 3.63. The molecule has 0 spiro atoms. The number of nitrogens with zero attached hydrogens (tertiary/aromatic N) is 2. The van der Waals surface area contributed by atoms with Crippen molar-refractivity contribution in [1.82, 2.24) is 9.97 Å². The smallest absolute Gasteiger partial charge is 0.0720 e. The lowest BCUT2D eigenvalue weighted by molar-refractivity contribution is 0.698. The maximum Gasteiger partial charge on any atom is 0.0720 e. The van der Waals surface area contributed by atoms with E-state index in [2.05, 4.69) is 66.5 Å². The van der Waals surface area contributed by atoms with E-state index in [9.17, 15) is 0 Å². The van der Waals surface area contributed by atoms with E-state index in [1.54, 1.807) is 0 Å². The van der Waals surface area contributed by atoms with Crippen LogP contribution in [0.3, 0.4) is 0 Å². The number of aryl methyl sites for hydroxylation is 1. The molecule has 2 heteroatoms. The summed E-state index contributed by atoms with van der Waals surface area (Å²) in [5.74, 6) is 0.643. The molecule has 24 heavy (non-hydrogen) atoms. The molecule has 2 heterocycles. The van der Waals surface area contributed by atoms with E-state index in [4.69, 9.17) is 4.98 Å². The third-order valence-electron chi connectivity index (χ3n) is 5.02. The van der Waals surface area contributed by atoms with Gasteiger partial charge in [0.15, 0.2) is 0 Å². The zero-order valence-corrected chi connectivity index (χ0v) is 14.1. The Morgan fingerprint density at radius 2 is 1.67 bits per heavy atom. The fourth-order valence-electron chi connectivity index (χ4n) is 3.63. The second-order valence-electron chi connectivity index (χ2n) is 6.68. The first-order valence-corrected chi connectivity index (χ1v) is 8.80. The molecule has 1 saturated carbocycles. The van der Waals surface area contributed by atoms with Gasteiger partial charge in [0.25, 0.3) is 0 Å². The summed E-state index contributed by atoms with van der Waals surface area (Å²) in [6.07, 6.45) is 7.18. The average Bonchev–Trinajstić information content (AvgIpc) is 3.17. The highest BCUT2D eigenvalue weighted by atomic mass is 14.7. The lowest BCUT2D eigenvalue weighted by Crippen LogP contribution is -1.97. The summed E-state index contributed by atoms with van der Waals surface area (Å²) in [7, 11) is 0. The van der Waals surface area contributed by atoms with Gasteiger partial charge in [-0.25, -0.2) is 0 Å². The van der Waals surface area contributed by atoms with E-state index in [1.807, 2.05) is 6.20 Å². The largest absolute Gasteiger partial charge is 0.256 e. The first kappa shape index (κ1) is 15.1. The van der Waals surface area contributed by atoms with Gasteiger partial charge in [0, 0.05) is 28.9 Å². The first-order chi connectivity index (χ1) is 11.8. The van der Waals surface area contributed by atoms with Crippen LogP contribution in [0.25, 0.3) is 22.5 Å². The van der Waals surface area contributed by atoms with Gasteiger partial charge in [-0.05, 0) is 49.6 Å². The molecule has 1 fully saturated rings. The standard InChI is InChI=1S/C22H22N2/c1-16-7-2-5-10-19(16)22-14-13-18(15-23-22)21-12-6-11-20(24-21)17-8-3-4-9-17/h2,5-7,10-15,17H,3-4,8-9H2,1H3. The molecule has 0 amide bonds. The third kappa shape index (κ3) is 2.96. The molecule has 1 aliphatic carbocycles. The topological polar surface area (TPSA) is 25.8 Å². The molecule has 1 aliphatic rings. The van der Waals surface area contributed by atoms with Gasteiger partial charge in [0.05, 0.1) is 11.4 Å². The zero-order valence-electron chi connectivity index (χ0n) is 14.1. The first-order valence-electron chi connectivity index (χ1n) is 8.80. The predicted octanol–water partition coefficient (Wildman–Crippen LogP) is 5.78. The minimum absolute atomic E-state index is 0.643. The Bertz CT molecular complexity index is 831. The molecule has 0 bridgehead atoms. The molecular formula is C22H22N2. The summed E-state index contributed by atoms with van der Waals surface area (Å²) in [5.41, 5.74) is 6.82. The molecular weight excluding hydrogens is 292 g/mol. The van der Waals surface area contributed by atoms with Gasteiger partial charge < -0.3 is 0 Å². The molecule has 2 aromatic heterocycles.